The van der Waals surface area contributed by atoms with Crippen molar-refractivity contribution in [1.29, 1.82) is 0 Å². The normalized spacial score (nSPS) is 10.7. The Morgan fingerprint density at radius 3 is 2.60 bits per heavy atom. The molecule has 0 saturated heterocycles. The van der Waals surface area contributed by atoms with Gasteiger partial charge in [-0.1, -0.05) is 30.3 Å². The van der Waals surface area contributed by atoms with E-state index < -0.39 is 0 Å². The standard InChI is InChI=1S/C15H13FN4/c16-12-6-4-5-11(9-12)10-14-18-15(17)19-20(14)13-7-2-1-3-8-13/h1-9H,10H2,(H2,17,19). The van der Waals surface area contributed by atoms with Crippen LogP contribution in [-0.4, -0.2) is 14.8 Å². The summed E-state index contributed by atoms with van der Waals surface area (Å²) in [5.74, 6) is 0.626. The first kappa shape index (κ1) is 12.3. The van der Waals surface area contributed by atoms with Gasteiger partial charge in [0, 0.05) is 6.42 Å². The molecular formula is C15H13FN4. The minimum atomic E-state index is -0.263. The molecule has 0 fully saturated rings. The highest BCUT2D eigenvalue weighted by Gasteiger charge is 2.10. The van der Waals surface area contributed by atoms with Gasteiger partial charge < -0.3 is 5.73 Å². The lowest BCUT2D eigenvalue weighted by molar-refractivity contribution is 0.625. The van der Waals surface area contributed by atoms with E-state index >= 15 is 0 Å². The van der Waals surface area contributed by atoms with Crippen molar-refractivity contribution in [3.05, 3.63) is 71.8 Å². The third-order valence-electron chi connectivity index (χ3n) is 2.94. The van der Waals surface area contributed by atoms with E-state index in [1.807, 2.05) is 36.4 Å². The second-order valence-electron chi connectivity index (χ2n) is 4.44. The van der Waals surface area contributed by atoms with E-state index in [0.717, 1.165) is 11.3 Å². The molecular weight excluding hydrogens is 255 g/mol. The van der Waals surface area contributed by atoms with Gasteiger partial charge >= 0.3 is 0 Å². The number of aromatic nitrogens is 3. The Labute approximate surface area is 115 Å². The van der Waals surface area contributed by atoms with E-state index in [9.17, 15) is 4.39 Å². The molecule has 0 unspecified atom stereocenters. The highest BCUT2D eigenvalue weighted by Crippen LogP contribution is 2.15. The van der Waals surface area contributed by atoms with Gasteiger partial charge in [-0.05, 0) is 29.8 Å². The number of hydrogen-bond donors (Lipinski definition) is 1. The lowest BCUT2D eigenvalue weighted by Gasteiger charge is -2.05. The first-order valence-corrected chi connectivity index (χ1v) is 6.23. The predicted molar refractivity (Wildman–Crippen MR) is 75.0 cm³/mol. The van der Waals surface area contributed by atoms with Crippen LogP contribution in [0.25, 0.3) is 5.69 Å². The van der Waals surface area contributed by atoms with Crippen LogP contribution < -0.4 is 5.73 Å². The van der Waals surface area contributed by atoms with Crippen LogP contribution in [0.1, 0.15) is 11.4 Å². The molecule has 0 bridgehead atoms. The molecule has 20 heavy (non-hydrogen) atoms. The monoisotopic (exact) mass is 268 g/mol. The van der Waals surface area contributed by atoms with E-state index in [1.54, 1.807) is 10.7 Å². The second-order valence-corrected chi connectivity index (χ2v) is 4.44. The van der Waals surface area contributed by atoms with Crippen molar-refractivity contribution in [3.63, 3.8) is 0 Å². The number of nitrogen functional groups attached to an aromatic ring is 1. The van der Waals surface area contributed by atoms with Gasteiger partial charge in [0.2, 0.25) is 5.95 Å². The molecule has 0 amide bonds. The SMILES string of the molecule is Nc1nc(Cc2cccc(F)c2)n(-c2ccccc2)n1. The maximum atomic E-state index is 13.2. The van der Waals surface area contributed by atoms with Gasteiger partial charge in [-0.15, -0.1) is 5.10 Å². The van der Waals surface area contributed by atoms with Gasteiger partial charge in [0.25, 0.3) is 0 Å². The fourth-order valence-corrected chi connectivity index (χ4v) is 2.08. The molecule has 3 rings (SSSR count). The Kier molecular flexibility index (Phi) is 3.16. The number of nitrogens with zero attached hydrogens (tertiary/aromatic N) is 3. The Balaban J connectivity index is 1.98. The van der Waals surface area contributed by atoms with Crippen LogP contribution in [0.2, 0.25) is 0 Å². The van der Waals surface area contributed by atoms with Crippen molar-refractivity contribution < 1.29 is 4.39 Å². The molecule has 0 aliphatic heterocycles. The molecule has 2 N–H and O–H groups in total. The van der Waals surface area contributed by atoms with E-state index in [4.69, 9.17) is 5.73 Å². The lowest BCUT2D eigenvalue weighted by Crippen LogP contribution is -2.04. The minimum Gasteiger partial charge on any atom is -0.366 e. The van der Waals surface area contributed by atoms with Crippen molar-refractivity contribution in [2.45, 2.75) is 6.42 Å². The van der Waals surface area contributed by atoms with Crippen molar-refractivity contribution >= 4 is 5.95 Å². The smallest absolute Gasteiger partial charge is 0.240 e. The quantitative estimate of drug-likeness (QED) is 0.794. The first-order valence-electron chi connectivity index (χ1n) is 6.23. The summed E-state index contributed by atoms with van der Waals surface area (Å²) in [4.78, 5) is 4.22. The van der Waals surface area contributed by atoms with Gasteiger partial charge in [0.05, 0.1) is 5.69 Å². The Hall–Kier alpha value is -2.69. The number of hydrogen-bond acceptors (Lipinski definition) is 3. The average Bonchev–Trinajstić information content (AvgIpc) is 2.80. The molecule has 1 aromatic heterocycles. The minimum absolute atomic E-state index is 0.209. The molecule has 0 aliphatic carbocycles. The van der Waals surface area contributed by atoms with Crippen LogP contribution in [0.3, 0.4) is 0 Å². The zero-order chi connectivity index (χ0) is 13.9. The number of nitrogens with two attached hydrogens (primary N) is 1. The average molecular weight is 268 g/mol. The molecule has 0 atom stereocenters. The number of rotatable bonds is 3. The third kappa shape index (κ3) is 2.51. The van der Waals surface area contributed by atoms with E-state index in [0.29, 0.717) is 12.2 Å². The summed E-state index contributed by atoms with van der Waals surface area (Å²) >= 11 is 0. The summed E-state index contributed by atoms with van der Waals surface area (Å²) in [5, 5.41) is 4.19. The van der Waals surface area contributed by atoms with Crippen molar-refractivity contribution in [3.8, 4) is 5.69 Å². The van der Waals surface area contributed by atoms with Crippen molar-refractivity contribution in [2.24, 2.45) is 0 Å². The van der Waals surface area contributed by atoms with Gasteiger partial charge in [-0.3, -0.25) is 0 Å². The topological polar surface area (TPSA) is 56.7 Å². The molecule has 0 spiro atoms. The van der Waals surface area contributed by atoms with E-state index in [-0.39, 0.29) is 11.8 Å². The number of benzene rings is 2. The Morgan fingerprint density at radius 2 is 1.85 bits per heavy atom. The number of anilines is 1. The summed E-state index contributed by atoms with van der Waals surface area (Å²) in [5.41, 5.74) is 7.39. The van der Waals surface area contributed by atoms with Gasteiger partial charge in [-0.25, -0.2) is 9.07 Å². The summed E-state index contributed by atoms with van der Waals surface area (Å²) in [6.07, 6.45) is 0.469. The first-order chi connectivity index (χ1) is 9.72. The number of para-hydroxylation sites is 1. The molecule has 3 aromatic rings. The van der Waals surface area contributed by atoms with Gasteiger partial charge in [0.1, 0.15) is 11.6 Å². The Bertz CT molecular complexity index is 722. The highest BCUT2D eigenvalue weighted by molar-refractivity contribution is 5.34. The van der Waals surface area contributed by atoms with E-state index in [2.05, 4.69) is 10.1 Å². The molecule has 5 heteroatoms. The van der Waals surface area contributed by atoms with Crippen LogP contribution in [-0.2, 0) is 6.42 Å². The van der Waals surface area contributed by atoms with Crippen LogP contribution in [0, 0.1) is 5.82 Å². The number of halogens is 1. The molecule has 100 valence electrons. The zero-order valence-corrected chi connectivity index (χ0v) is 10.7. The van der Waals surface area contributed by atoms with Crippen LogP contribution in [0.4, 0.5) is 10.3 Å². The fourth-order valence-electron chi connectivity index (χ4n) is 2.08. The molecule has 2 aromatic carbocycles. The highest BCUT2D eigenvalue weighted by atomic mass is 19.1. The zero-order valence-electron chi connectivity index (χ0n) is 10.7. The van der Waals surface area contributed by atoms with Crippen molar-refractivity contribution in [2.75, 3.05) is 5.73 Å². The third-order valence-corrected chi connectivity index (χ3v) is 2.94. The van der Waals surface area contributed by atoms with Gasteiger partial charge in [-0.2, -0.15) is 4.98 Å². The molecule has 0 radical (unpaired) electrons. The molecule has 4 nitrogen and oxygen atoms in total. The van der Waals surface area contributed by atoms with Crippen LogP contribution in [0.5, 0.6) is 0 Å². The molecule has 0 saturated carbocycles. The Morgan fingerprint density at radius 1 is 1.05 bits per heavy atom. The second kappa shape index (κ2) is 5.13. The van der Waals surface area contributed by atoms with E-state index in [1.165, 1.54) is 12.1 Å². The van der Waals surface area contributed by atoms with Gasteiger partial charge in [0.15, 0.2) is 0 Å². The molecule has 1 heterocycles. The largest absolute Gasteiger partial charge is 0.366 e. The summed E-state index contributed by atoms with van der Waals surface area (Å²) in [7, 11) is 0. The summed E-state index contributed by atoms with van der Waals surface area (Å²) < 4.78 is 14.9. The summed E-state index contributed by atoms with van der Waals surface area (Å²) in [6.45, 7) is 0. The van der Waals surface area contributed by atoms with Crippen molar-refractivity contribution in [1.82, 2.24) is 14.8 Å². The summed E-state index contributed by atoms with van der Waals surface area (Å²) in [6, 6.07) is 16.0. The maximum Gasteiger partial charge on any atom is 0.240 e. The van der Waals surface area contributed by atoms with Crippen LogP contribution >= 0.6 is 0 Å². The maximum absolute atomic E-state index is 13.2. The predicted octanol–water partition coefficient (Wildman–Crippen LogP) is 2.58. The molecule has 0 aliphatic rings. The van der Waals surface area contributed by atoms with Crippen LogP contribution in [0.15, 0.2) is 54.6 Å². The fraction of sp³-hybridized carbons (Fsp3) is 0.0667. The lowest BCUT2D eigenvalue weighted by atomic mass is 10.1.